The van der Waals surface area contributed by atoms with Gasteiger partial charge in [0.25, 0.3) is 0 Å². The number of aromatic nitrogens is 2. The Balaban J connectivity index is 1.29. The lowest BCUT2D eigenvalue weighted by Gasteiger charge is -2.30. The molecule has 0 bridgehead atoms. The van der Waals surface area contributed by atoms with Gasteiger partial charge in [-0.1, -0.05) is 0 Å². The number of rotatable bonds is 6. The summed E-state index contributed by atoms with van der Waals surface area (Å²) in [6.45, 7) is 3.93. The van der Waals surface area contributed by atoms with E-state index in [-0.39, 0.29) is 11.9 Å². The Morgan fingerprint density at radius 1 is 1.30 bits per heavy atom. The van der Waals surface area contributed by atoms with Gasteiger partial charge < -0.3 is 15.0 Å². The molecule has 0 amide bonds. The number of hydrogen-bond acceptors (Lipinski definition) is 7. The Labute approximate surface area is 164 Å². The number of likely N-dealkylation sites (tertiary alicyclic amines) is 1. The normalized spacial score (nSPS) is 18.4. The summed E-state index contributed by atoms with van der Waals surface area (Å²) in [5, 5.41) is 4.81. The SMILES string of the molecule is COC(=O)C1CCN(CCCNc2ncnc3sc4c(c23)CCCC4)CC1. The van der Waals surface area contributed by atoms with Gasteiger partial charge in [-0.3, -0.25) is 4.79 Å². The lowest BCUT2D eigenvalue weighted by Crippen LogP contribution is -2.37. The monoisotopic (exact) mass is 388 g/mol. The Morgan fingerprint density at radius 3 is 2.93 bits per heavy atom. The molecule has 0 saturated carbocycles. The number of nitrogens with zero attached hydrogens (tertiary/aromatic N) is 3. The van der Waals surface area contributed by atoms with E-state index in [9.17, 15) is 4.79 Å². The number of thiophene rings is 1. The molecule has 0 aromatic carbocycles. The van der Waals surface area contributed by atoms with Crippen molar-refractivity contribution >= 4 is 33.3 Å². The van der Waals surface area contributed by atoms with Gasteiger partial charge in [-0.15, -0.1) is 11.3 Å². The van der Waals surface area contributed by atoms with Gasteiger partial charge in [0, 0.05) is 11.4 Å². The van der Waals surface area contributed by atoms with Crippen molar-refractivity contribution in [3.05, 3.63) is 16.8 Å². The molecular weight excluding hydrogens is 360 g/mol. The highest BCUT2D eigenvalue weighted by atomic mass is 32.1. The van der Waals surface area contributed by atoms with Gasteiger partial charge in [0.1, 0.15) is 17.0 Å². The smallest absolute Gasteiger partial charge is 0.308 e. The Hall–Kier alpha value is -1.73. The van der Waals surface area contributed by atoms with Crippen LogP contribution in [0.5, 0.6) is 0 Å². The lowest BCUT2D eigenvalue weighted by atomic mass is 9.97. The molecule has 3 heterocycles. The van der Waals surface area contributed by atoms with Crippen LogP contribution >= 0.6 is 11.3 Å². The number of hydrogen-bond donors (Lipinski definition) is 1. The minimum Gasteiger partial charge on any atom is -0.469 e. The number of anilines is 1. The quantitative estimate of drug-likeness (QED) is 0.605. The molecule has 2 aromatic heterocycles. The zero-order valence-corrected chi connectivity index (χ0v) is 16.8. The van der Waals surface area contributed by atoms with Crippen LogP contribution in [0.25, 0.3) is 10.2 Å². The maximum atomic E-state index is 11.6. The summed E-state index contributed by atoms with van der Waals surface area (Å²) in [6.07, 6.45) is 9.49. The van der Waals surface area contributed by atoms with Crippen molar-refractivity contribution in [1.29, 1.82) is 0 Å². The van der Waals surface area contributed by atoms with E-state index in [2.05, 4.69) is 20.2 Å². The number of nitrogens with one attached hydrogen (secondary N) is 1. The molecule has 0 atom stereocenters. The van der Waals surface area contributed by atoms with Crippen LogP contribution in [0.1, 0.15) is 42.5 Å². The first-order chi connectivity index (χ1) is 13.3. The topological polar surface area (TPSA) is 67.3 Å². The Morgan fingerprint density at radius 2 is 2.11 bits per heavy atom. The van der Waals surface area contributed by atoms with Crippen LogP contribution in [0.15, 0.2) is 6.33 Å². The van der Waals surface area contributed by atoms with E-state index in [0.29, 0.717) is 0 Å². The van der Waals surface area contributed by atoms with E-state index in [4.69, 9.17) is 4.74 Å². The van der Waals surface area contributed by atoms with Crippen molar-refractivity contribution in [3.63, 3.8) is 0 Å². The average Bonchev–Trinajstić information content (AvgIpc) is 3.10. The molecule has 1 fully saturated rings. The molecule has 146 valence electrons. The van der Waals surface area contributed by atoms with Gasteiger partial charge >= 0.3 is 5.97 Å². The van der Waals surface area contributed by atoms with Crippen LogP contribution in [-0.2, 0) is 22.4 Å². The average molecular weight is 389 g/mol. The zero-order chi connectivity index (χ0) is 18.6. The van der Waals surface area contributed by atoms with E-state index in [1.807, 2.05) is 11.3 Å². The molecule has 1 aliphatic carbocycles. The van der Waals surface area contributed by atoms with Crippen molar-refractivity contribution in [2.75, 3.05) is 38.6 Å². The number of fused-ring (bicyclic) bond motifs is 3. The molecule has 2 aliphatic rings. The van der Waals surface area contributed by atoms with E-state index in [0.717, 1.165) is 62.5 Å². The third-order valence-corrected chi connectivity index (χ3v) is 7.02. The molecule has 4 rings (SSSR count). The second-order valence-corrected chi connectivity index (χ2v) is 8.62. The summed E-state index contributed by atoms with van der Waals surface area (Å²) in [5.41, 5.74) is 1.48. The second kappa shape index (κ2) is 8.52. The minimum absolute atomic E-state index is 0.0526. The molecule has 2 aromatic rings. The number of ether oxygens (including phenoxy) is 1. The number of esters is 1. The third kappa shape index (κ3) is 4.09. The van der Waals surface area contributed by atoms with Crippen LogP contribution in [0, 0.1) is 5.92 Å². The van der Waals surface area contributed by atoms with Crippen molar-refractivity contribution in [3.8, 4) is 0 Å². The fourth-order valence-electron chi connectivity index (χ4n) is 4.29. The molecule has 0 spiro atoms. The summed E-state index contributed by atoms with van der Waals surface area (Å²) in [7, 11) is 1.48. The highest BCUT2D eigenvalue weighted by Crippen LogP contribution is 2.38. The van der Waals surface area contributed by atoms with Gasteiger partial charge in [0.15, 0.2) is 0 Å². The molecule has 1 N–H and O–H groups in total. The maximum absolute atomic E-state index is 11.6. The molecule has 1 saturated heterocycles. The van der Waals surface area contributed by atoms with Crippen LogP contribution in [0.2, 0.25) is 0 Å². The first kappa shape index (κ1) is 18.6. The van der Waals surface area contributed by atoms with Crippen LogP contribution in [0.3, 0.4) is 0 Å². The summed E-state index contributed by atoms with van der Waals surface area (Å²) >= 11 is 1.84. The van der Waals surface area contributed by atoms with Crippen molar-refractivity contribution in [1.82, 2.24) is 14.9 Å². The summed E-state index contributed by atoms with van der Waals surface area (Å²) in [6, 6.07) is 0. The maximum Gasteiger partial charge on any atom is 0.308 e. The summed E-state index contributed by atoms with van der Waals surface area (Å²) in [4.78, 5) is 25.7. The minimum atomic E-state index is -0.0526. The fourth-order valence-corrected chi connectivity index (χ4v) is 5.52. The van der Waals surface area contributed by atoms with Crippen molar-refractivity contribution in [2.45, 2.75) is 44.9 Å². The number of methoxy groups -OCH3 is 1. The molecule has 0 radical (unpaired) electrons. The molecule has 27 heavy (non-hydrogen) atoms. The standard InChI is InChI=1S/C20H28N4O2S/c1-26-20(25)14-7-11-24(12-8-14)10-4-9-21-18-17-15-5-2-3-6-16(15)27-19(17)23-13-22-18/h13-14H,2-12H2,1H3,(H,21,22,23). The van der Waals surface area contributed by atoms with Crippen molar-refractivity contribution < 1.29 is 9.53 Å². The van der Waals surface area contributed by atoms with E-state index in [1.54, 1.807) is 6.33 Å². The predicted molar refractivity (Wildman–Crippen MR) is 108 cm³/mol. The third-order valence-electron chi connectivity index (χ3n) is 5.82. The number of carbonyl (C=O) groups excluding carboxylic acids is 1. The lowest BCUT2D eigenvalue weighted by molar-refractivity contribution is -0.147. The molecule has 1 aliphatic heterocycles. The second-order valence-electron chi connectivity index (χ2n) is 7.53. The molecule has 0 unspecified atom stereocenters. The molecule has 7 heteroatoms. The number of carbonyl (C=O) groups is 1. The van der Waals surface area contributed by atoms with E-state index in [1.165, 1.54) is 42.2 Å². The Kier molecular flexibility index (Phi) is 5.88. The molecular formula is C20H28N4O2S. The summed E-state index contributed by atoms with van der Waals surface area (Å²) in [5.74, 6) is 1.04. The van der Waals surface area contributed by atoms with E-state index >= 15 is 0 Å². The summed E-state index contributed by atoms with van der Waals surface area (Å²) < 4.78 is 4.86. The van der Waals surface area contributed by atoms with Gasteiger partial charge in [0.2, 0.25) is 0 Å². The van der Waals surface area contributed by atoms with Gasteiger partial charge in [-0.05, 0) is 70.1 Å². The van der Waals surface area contributed by atoms with Crippen LogP contribution in [-0.4, -0.2) is 54.1 Å². The van der Waals surface area contributed by atoms with E-state index < -0.39 is 0 Å². The van der Waals surface area contributed by atoms with Crippen molar-refractivity contribution in [2.24, 2.45) is 5.92 Å². The van der Waals surface area contributed by atoms with Gasteiger partial charge in [0.05, 0.1) is 18.4 Å². The highest BCUT2D eigenvalue weighted by Gasteiger charge is 2.25. The molecule has 6 nitrogen and oxygen atoms in total. The van der Waals surface area contributed by atoms with Crippen LogP contribution < -0.4 is 5.32 Å². The highest BCUT2D eigenvalue weighted by molar-refractivity contribution is 7.19. The Bertz CT molecular complexity index is 799. The number of piperidine rings is 1. The first-order valence-electron chi connectivity index (χ1n) is 10.1. The fraction of sp³-hybridized carbons (Fsp3) is 0.650. The van der Waals surface area contributed by atoms with Gasteiger partial charge in [-0.25, -0.2) is 9.97 Å². The first-order valence-corrected chi connectivity index (χ1v) is 10.9. The number of aryl methyl sites for hydroxylation is 2. The van der Waals surface area contributed by atoms with Gasteiger partial charge in [-0.2, -0.15) is 0 Å². The predicted octanol–water partition coefficient (Wildman–Crippen LogP) is 3.26. The van der Waals surface area contributed by atoms with Crippen LogP contribution in [0.4, 0.5) is 5.82 Å². The largest absolute Gasteiger partial charge is 0.469 e. The zero-order valence-electron chi connectivity index (χ0n) is 16.0.